The van der Waals surface area contributed by atoms with Crippen LogP contribution in [0.5, 0.6) is 0 Å². The highest BCUT2D eigenvalue weighted by Crippen LogP contribution is 2.26. The standard InChI is InChI=1S/C25H24N2O4S/c1-19(28)20-11-13-22(14-12-20)32(30,31)27-17-15-26(16-18-27)25(29)24-10-6-5-9-23(24)21-7-3-2-4-8-21/h2-14H,15-18H2,1H3. The van der Waals surface area contributed by atoms with Gasteiger partial charge in [-0.1, -0.05) is 60.7 Å². The van der Waals surface area contributed by atoms with Crippen molar-refractivity contribution < 1.29 is 18.0 Å². The van der Waals surface area contributed by atoms with E-state index in [4.69, 9.17) is 0 Å². The van der Waals surface area contributed by atoms with Crippen LogP contribution in [0.25, 0.3) is 11.1 Å². The van der Waals surface area contributed by atoms with Gasteiger partial charge in [-0.3, -0.25) is 9.59 Å². The van der Waals surface area contributed by atoms with Crippen molar-refractivity contribution in [1.29, 1.82) is 0 Å². The minimum atomic E-state index is -3.69. The molecule has 4 rings (SSSR count). The van der Waals surface area contributed by atoms with Crippen LogP contribution in [0.1, 0.15) is 27.6 Å². The zero-order valence-corrected chi connectivity index (χ0v) is 18.6. The number of rotatable bonds is 5. The van der Waals surface area contributed by atoms with Gasteiger partial charge >= 0.3 is 0 Å². The second kappa shape index (κ2) is 9.06. The molecular weight excluding hydrogens is 424 g/mol. The lowest BCUT2D eigenvalue weighted by molar-refractivity contribution is 0.0698. The van der Waals surface area contributed by atoms with E-state index in [1.165, 1.54) is 35.5 Å². The number of benzene rings is 3. The Morgan fingerprint density at radius 2 is 1.34 bits per heavy atom. The van der Waals surface area contributed by atoms with Gasteiger partial charge in [0.1, 0.15) is 0 Å². The summed E-state index contributed by atoms with van der Waals surface area (Å²) in [5.41, 5.74) is 2.90. The lowest BCUT2D eigenvalue weighted by Gasteiger charge is -2.34. The molecule has 0 saturated carbocycles. The van der Waals surface area contributed by atoms with E-state index in [2.05, 4.69) is 0 Å². The molecule has 0 aliphatic carbocycles. The van der Waals surface area contributed by atoms with Crippen LogP contribution in [0.3, 0.4) is 0 Å². The molecule has 1 aliphatic rings. The lowest BCUT2D eigenvalue weighted by atomic mass is 9.99. The fourth-order valence-electron chi connectivity index (χ4n) is 3.85. The predicted octanol–water partition coefficient (Wildman–Crippen LogP) is 3.70. The van der Waals surface area contributed by atoms with E-state index in [9.17, 15) is 18.0 Å². The fraction of sp³-hybridized carbons (Fsp3) is 0.200. The molecule has 1 amide bonds. The van der Waals surface area contributed by atoms with Crippen molar-refractivity contribution in [2.75, 3.05) is 26.2 Å². The quantitative estimate of drug-likeness (QED) is 0.558. The largest absolute Gasteiger partial charge is 0.336 e. The molecule has 0 unspecified atom stereocenters. The molecule has 0 bridgehead atoms. The molecule has 0 radical (unpaired) electrons. The van der Waals surface area contributed by atoms with Crippen LogP contribution in [-0.2, 0) is 10.0 Å². The number of carbonyl (C=O) groups is 2. The predicted molar refractivity (Wildman–Crippen MR) is 123 cm³/mol. The van der Waals surface area contributed by atoms with Crippen molar-refractivity contribution in [1.82, 2.24) is 9.21 Å². The minimum absolute atomic E-state index is 0.104. The Labute approximate surface area is 188 Å². The average molecular weight is 449 g/mol. The third-order valence-corrected chi connectivity index (χ3v) is 7.58. The third-order valence-electron chi connectivity index (χ3n) is 5.67. The number of nitrogens with zero attached hydrogens (tertiary/aromatic N) is 2. The van der Waals surface area contributed by atoms with E-state index in [1.54, 1.807) is 4.90 Å². The Balaban J connectivity index is 1.48. The number of ketones is 1. The zero-order valence-electron chi connectivity index (χ0n) is 17.8. The number of carbonyl (C=O) groups excluding carboxylic acids is 2. The Kier molecular flexibility index (Phi) is 6.21. The van der Waals surface area contributed by atoms with Gasteiger partial charge in [0, 0.05) is 37.3 Å². The number of hydrogen-bond acceptors (Lipinski definition) is 4. The minimum Gasteiger partial charge on any atom is -0.336 e. The van der Waals surface area contributed by atoms with Crippen LogP contribution >= 0.6 is 0 Å². The molecule has 1 heterocycles. The van der Waals surface area contributed by atoms with Crippen LogP contribution in [0, 0.1) is 0 Å². The molecule has 1 aliphatic heterocycles. The van der Waals surface area contributed by atoms with E-state index in [0.717, 1.165) is 11.1 Å². The van der Waals surface area contributed by atoms with Gasteiger partial charge in [-0.15, -0.1) is 0 Å². The van der Waals surface area contributed by atoms with Gasteiger partial charge < -0.3 is 4.90 Å². The number of amides is 1. The topological polar surface area (TPSA) is 74.8 Å². The molecule has 0 spiro atoms. The van der Waals surface area contributed by atoms with Crippen molar-refractivity contribution in [3.05, 3.63) is 90.0 Å². The molecule has 3 aromatic carbocycles. The summed E-state index contributed by atoms with van der Waals surface area (Å²) in [7, 11) is -3.69. The highest BCUT2D eigenvalue weighted by atomic mass is 32.2. The summed E-state index contributed by atoms with van der Waals surface area (Å²) in [6.07, 6.45) is 0. The molecule has 1 fully saturated rings. The summed E-state index contributed by atoms with van der Waals surface area (Å²) in [6, 6.07) is 23.2. The van der Waals surface area contributed by atoms with Gasteiger partial charge in [0.05, 0.1) is 4.90 Å². The fourth-order valence-corrected chi connectivity index (χ4v) is 5.27. The maximum atomic E-state index is 13.2. The second-order valence-corrected chi connectivity index (χ2v) is 9.63. The van der Waals surface area contributed by atoms with Crippen LogP contribution in [0.2, 0.25) is 0 Å². The highest BCUT2D eigenvalue weighted by Gasteiger charge is 2.31. The summed E-state index contributed by atoms with van der Waals surface area (Å²) >= 11 is 0. The van der Waals surface area contributed by atoms with Gasteiger partial charge in [0.2, 0.25) is 10.0 Å². The molecule has 6 nitrogen and oxygen atoms in total. The van der Waals surface area contributed by atoms with Crippen molar-refractivity contribution in [2.45, 2.75) is 11.8 Å². The zero-order chi connectivity index (χ0) is 22.7. The Morgan fingerprint density at radius 3 is 1.97 bits per heavy atom. The average Bonchev–Trinajstić information content (AvgIpc) is 2.84. The summed E-state index contributed by atoms with van der Waals surface area (Å²) in [5, 5.41) is 0. The molecule has 0 aromatic heterocycles. The molecular formula is C25H24N2O4S. The second-order valence-electron chi connectivity index (χ2n) is 7.69. The van der Waals surface area contributed by atoms with E-state index in [1.807, 2.05) is 54.6 Å². The smallest absolute Gasteiger partial charge is 0.254 e. The monoisotopic (exact) mass is 448 g/mol. The Hall–Kier alpha value is -3.29. The number of Topliss-reactive ketones (excluding diaryl/α,β-unsaturated/α-hetero) is 1. The third kappa shape index (κ3) is 4.35. The van der Waals surface area contributed by atoms with Crippen molar-refractivity contribution in [3.63, 3.8) is 0 Å². The van der Waals surface area contributed by atoms with Crippen molar-refractivity contribution >= 4 is 21.7 Å². The number of hydrogen-bond donors (Lipinski definition) is 0. The molecule has 164 valence electrons. The normalized spacial score (nSPS) is 14.8. The van der Waals surface area contributed by atoms with E-state index >= 15 is 0 Å². The Bertz CT molecular complexity index is 1230. The van der Waals surface area contributed by atoms with Crippen LogP contribution in [0.15, 0.2) is 83.8 Å². The molecule has 0 N–H and O–H groups in total. The molecule has 3 aromatic rings. The summed E-state index contributed by atoms with van der Waals surface area (Å²) < 4.78 is 27.4. The van der Waals surface area contributed by atoms with Crippen LogP contribution < -0.4 is 0 Å². The molecule has 1 saturated heterocycles. The molecule has 7 heteroatoms. The van der Waals surface area contributed by atoms with Crippen LogP contribution in [0.4, 0.5) is 0 Å². The van der Waals surface area contributed by atoms with Gasteiger partial charge in [0.25, 0.3) is 5.91 Å². The summed E-state index contributed by atoms with van der Waals surface area (Å²) in [6.45, 7) is 2.50. The maximum Gasteiger partial charge on any atom is 0.254 e. The number of sulfonamides is 1. The highest BCUT2D eigenvalue weighted by molar-refractivity contribution is 7.89. The maximum absolute atomic E-state index is 13.2. The lowest BCUT2D eigenvalue weighted by Crippen LogP contribution is -2.50. The molecule has 0 atom stereocenters. The number of piperazine rings is 1. The first-order valence-corrected chi connectivity index (χ1v) is 11.9. The van der Waals surface area contributed by atoms with E-state index < -0.39 is 10.0 Å². The molecule has 32 heavy (non-hydrogen) atoms. The van der Waals surface area contributed by atoms with E-state index in [0.29, 0.717) is 24.2 Å². The SMILES string of the molecule is CC(=O)c1ccc(S(=O)(=O)N2CCN(C(=O)c3ccccc3-c3ccccc3)CC2)cc1. The van der Waals surface area contributed by atoms with Gasteiger partial charge in [0.15, 0.2) is 5.78 Å². The van der Waals surface area contributed by atoms with Crippen LogP contribution in [-0.4, -0.2) is 55.5 Å². The summed E-state index contributed by atoms with van der Waals surface area (Å²) in [5.74, 6) is -0.218. The first kappa shape index (κ1) is 21.9. The van der Waals surface area contributed by atoms with Gasteiger partial charge in [-0.2, -0.15) is 4.31 Å². The van der Waals surface area contributed by atoms with Gasteiger partial charge in [-0.25, -0.2) is 8.42 Å². The summed E-state index contributed by atoms with van der Waals surface area (Å²) in [4.78, 5) is 26.5. The Morgan fingerprint density at radius 1 is 0.750 bits per heavy atom. The van der Waals surface area contributed by atoms with E-state index in [-0.39, 0.29) is 29.7 Å². The first-order chi connectivity index (χ1) is 15.4. The first-order valence-electron chi connectivity index (χ1n) is 10.4. The van der Waals surface area contributed by atoms with Crippen molar-refractivity contribution in [3.8, 4) is 11.1 Å². The van der Waals surface area contributed by atoms with Crippen molar-refractivity contribution in [2.24, 2.45) is 0 Å². The van der Waals surface area contributed by atoms with Gasteiger partial charge in [-0.05, 0) is 36.2 Å².